The molecule has 1 aromatic heterocycles. The minimum Gasteiger partial charge on any atom is -0.477 e. The van der Waals surface area contributed by atoms with Crippen LogP contribution in [-0.2, 0) is 0 Å². The molecule has 0 radical (unpaired) electrons. The standard InChI is InChI=1S/C13H18N2O2/c1-9(2)15(8-10-3-4-10)11-5-6-12(13(16)17)14-7-11/h5-7,9-10H,3-4,8H2,1-2H3,(H,16,17). The first-order chi connectivity index (χ1) is 8.08. The molecule has 4 nitrogen and oxygen atoms in total. The lowest BCUT2D eigenvalue weighted by atomic mass is 10.2. The summed E-state index contributed by atoms with van der Waals surface area (Å²) in [5, 5.41) is 8.80. The Hall–Kier alpha value is -1.58. The molecule has 1 aliphatic carbocycles. The van der Waals surface area contributed by atoms with E-state index in [9.17, 15) is 4.79 Å². The highest BCUT2D eigenvalue weighted by Crippen LogP contribution is 2.32. The lowest BCUT2D eigenvalue weighted by molar-refractivity contribution is 0.0690. The van der Waals surface area contributed by atoms with Crippen LogP contribution in [0.5, 0.6) is 0 Å². The Morgan fingerprint density at radius 1 is 1.53 bits per heavy atom. The monoisotopic (exact) mass is 234 g/mol. The van der Waals surface area contributed by atoms with Crippen LogP contribution in [0.25, 0.3) is 0 Å². The van der Waals surface area contributed by atoms with Gasteiger partial charge in [0.25, 0.3) is 0 Å². The van der Waals surface area contributed by atoms with Gasteiger partial charge in [-0.05, 0) is 44.7 Å². The summed E-state index contributed by atoms with van der Waals surface area (Å²) in [7, 11) is 0. The Morgan fingerprint density at radius 3 is 2.65 bits per heavy atom. The number of carbonyl (C=O) groups is 1. The molecule has 0 aliphatic heterocycles. The minimum atomic E-state index is -0.977. The topological polar surface area (TPSA) is 53.4 Å². The fourth-order valence-electron chi connectivity index (χ4n) is 1.88. The SMILES string of the molecule is CC(C)N(CC1CC1)c1ccc(C(=O)O)nc1. The summed E-state index contributed by atoms with van der Waals surface area (Å²) in [4.78, 5) is 17.0. The van der Waals surface area contributed by atoms with Crippen LogP contribution < -0.4 is 4.90 Å². The number of aromatic nitrogens is 1. The summed E-state index contributed by atoms with van der Waals surface area (Å²) in [6, 6.07) is 3.83. The van der Waals surface area contributed by atoms with Crippen molar-refractivity contribution >= 4 is 11.7 Å². The molecular formula is C13H18N2O2. The molecule has 0 bridgehead atoms. The molecule has 1 aromatic rings. The number of pyridine rings is 1. The van der Waals surface area contributed by atoms with Gasteiger partial charge in [-0.25, -0.2) is 9.78 Å². The Labute approximate surface area is 101 Å². The fourth-order valence-corrected chi connectivity index (χ4v) is 1.88. The summed E-state index contributed by atoms with van der Waals surface area (Å²) in [6.07, 6.45) is 4.28. The zero-order chi connectivity index (χ0) is 12.4. The highest BCUT2D eigenvalue weighted by molar-refractivity contribution is 5.85. The van der Waals surface area contributed by atoms with Crippen LogP contribution in [0.3, 0.4) is 0 Å². The van der Waals surface area contributed by atoms with Crippen LogP contribution in [0.15, 0.2) is 18.3 Å². The largest absolute Gasteiger partial charge is 0.477 e. The van der Waals surface area contributed by atoms with Gasteiger partial charge in [-0.2, -0.15) is 0 Å². The normalized spacial score (nSPS) is 15.0. The molecule has 1 fully saturated rings. The number of hydrogen-bond donors (Lipinski definition) is 1. The molecule has 2 rings (SSSR count). The molecule has 1 N–H and O–H groups in total. The maximum Gasteiger partial charge on any atom is 0.354 e. The van der Waals surface area contributed by atoms with Crippen molar-refractivity contribution in [2.45, 2.75) is 32.7 Å². The van der Waals surface area contributed by atoms with Crippen LogP contribution in [-0.4, -0.2) is 28.6 Å². The molecule has 1 saturated carbocycles. The van der Waals surface area contributed by atoms with E-state index >= 15 is 0 Å². The van der Waals surface area contributed by atoms with Crippen molar-refractivity contribution in [1.82, 2.24) is 4.98 Å². The van der Waals surface area contributed by atoms with Crippen molar-refractivity contribution in [1.29, 1.82) is 0 Å². The molecule has 0 spiro atoms. The quantitative estimate of drug-likeness (QED) is 0.850. The second kappa shape index (κ2) is 4.73. The van der Waals surface area contributed by atoms with Crippen molar-refractivity contribution < 1.29 is 9.90 Å². The number of anilines is 1. The molecule has 0 unspecified atom stereocenters. The van der Waals surface area contributed by atoms with Gasteiger partial charge in [0, 0.05) is 12.6 Å². The first-order valence-electron chi connectivity index (χ1n) is 6.04. The number of aromatic carboxylic acids is 1. The lowest BCUT2D eigenvalue weighted by Crippen LogP contribution is -2.32. The molecular weight excluding hydrogens is 216 g/mol. The molecule has 0 aromatic carbocycles. The van der Waals surface area contributed by atoms with Gasteiger partial charge in [0.15, 0.2) is 0 Å². The van der Waals surface area contributed by atoms with E-state index < -0.39 is 5.97 Å². The molecule has 1 heterocycles. The highest BCUT2D eigenvalue weighted by Gasteiger charge is 2.25. The van der Waals surface area contributed by atoms with E-state index in [4.69, 9.17) is 5.11 Å². The van der Waals surface area contributed by atoms with Gasteiger partial charge >= 0.3 is 5.97 Å². The Balaban J connectivity index is 2.14. The van der Waals surface area contributed by atoms with Crippen LogP contribution >= 0.6 is 0 Å². The Kier molecular flexibility index (Phi) is 3.31. The van der Waals surface area contributed by atoms with Gasteiger partial charge < -0.3 is 10.0 Å². The van der Waals surface area contributed by atoms with E-state index in [0.717, 1.165) is 18.2 Å². The lowest BCUT2D eigenvalue weighted by Gasteiger charge is -2.28. The Morgan fingerprint density at radius 2 is 2.24 bits per heavy atom. The van der Waals surface area contributed by atoms with Gasteiger partial charge in [-0.3, -0.25) is 0 Å². The van der Waals surface area contributed by atoms with E-state index in [0.29, 0.717) is 6.04 Å². The van der Waals surface area contributed by atoms with Crippen molar-refractivity contribution in [2.24, 2.45) is 5.92 Å². The molecule has 4 heteroatoms. The molecule has 92 valence electrons. The van der Waals surface area contributed by atoms with Crippen LogP contribution in [0, 0.1) is 5.92 Å². The average Bonchev–Trinajstić information content (AvgIpc) is 3.09. The van der Waals surface area contributed by atoms with E-state index in [1.807, 2.05) is 6.07 Å². The second-order valence-electron chi connectivity index (χ2n) is 4.90. The number of carboxylic acid groups (broad SMARTS) is 1. The zero-order valence-electron chi connectivity index (χ0n) is 10.3. The number of rotatable bonds is 5. The third-order valence-electron chi connectivity index (χ3n) is 3.07. The maximum atomic E-state index is 10.7. The van der Waals surface area contributed by atoms with Crippen LogP contribution in [0.1, 0.15) is 37.2 Å². The first-order valence-corrected chi connectivity index (χ1v) is 6.04. The van der Waals surface area contributed by atoms with Gasteiger partial charge in [-0.15, -0.1) is 0 Å². The van der Waals surface area contributed by atoms with Gasteiger partial charge in [0.2, 0.25) is 0 Å². The minimum absolute atomic E-state index is 0.101. The van der Waals surface area contributed by atoms with E-state index in [2.05, 4.69) is 23.7 Å². The molecule has 0 saturated heterocycles. The maximum absolute atomic E-state index is 10.7. The first kappa shape index (κ1) is 11.9. The van der Waals surface area contributed by atoms with Crippen LogP contribution in [0.4, 0.5) is 5.69 Å². The third-order valence-corrected chi connectivity index (χ3v) is 3.07. The summed E-state index contributed by atoms with van der Waals surface area (Å²) < 4.78 is 0. The van der Waals surface area contributed by atoms with E-state index in [-0.39, 0.29) is 5.69 Å². The zero-order valence-corrected chi connectivity index (χ0v) is 10.3. The molecule has 17 heavy (non-hydrogen) atoms. The van der Waals surface area contributed by atoms with Crippen molar-refractivity contribution in [3.8, 4) is 0 Å². The smallest absolute Gasteiger partial charge is 0.354 e. The number of hydrogen-bond acceptors (Lipinski definition) is 3. The third kappa shape index (κ3) is 2.96. The predicted octanol–water partition coefficient (Wildman–Crippen LogP) is 2.40. The van der Waals surface area contributed by atoms with Gasteiger partial charge in [0.1, 0.15) is 5.69 Å². The number of carboxylic acids is 1. The average molecular weight is 234 g/mol. The second-order valence-corrected chi connectivity index (χ2v) is 4.90. The number of nitrogens with zero attached hydrogens (tertiary/aromatic N) is 2. The van der Waals surface area contributed by atoms with Crippen molar-refractivity contribution in [3.05, 3.63) is 24.0 Å². The van der Waals surface area contributed by atoms with E-state index in [1.165, 1.54) is 12.8 Å². The molecule has 1 aliphatic rings. The van der Waals surface area contributed by atoms with E-state index in [1.54, 1.807) is 12.3 Å². The molecule has 0 amide bonds. The summed E-state index contributed by atoms with van der Waals surface area (Å²) in [5.74, 6) is -0.175. The summed E-state index contributed by atoms with van der Waals surface area (Å²) in [6.45, 7) is 5.34. The predicted molar refractivity (Wildman–Crippen MR) is 66.4 cm³/mol. The fraction of sp³-hybridized carbons (Fsp3) is 0.538. The molecule has 0 atom stereocenters. The van der Waals surface area contributed by atoms with Gasteiger partial charge in [0.05, 0.1) is 11.9 Å². The highest BCUT2D eigenvalue weighted by atomic mass is 16.4. The van der Waals surface area contributed by atoms with Gasteiger partial charge in [-0.1, -0.05) is 0 Å². The van der Waals surface area contributed by atoms with Crippen molar-refractivity contribution in [2.75, 3.05) is 11.4 Å². The Bertz CT molecular complexity index is 396. The van der Waals surface area contributed by atoms with Crippen LogP contribution in [0.2, 0.25) is 0 Å². The summed E-state index contributed by atoms with van der Waals surface area (Å²) in [5.41, 5.74) is 1.11. The summed E-state index contributed by atoms with van der Waals surface area (Å²) >= 11 is 0. The van der Waals surface area contributed by atoms with Crippen molar-refractivity contribution in [3.63, 3.8) is 0 Å².